The summed E-state index contributed by atoms with van der Waals surface area (Å²) in [6, 6.07) is 2.21. The van der Waals surface area contributed by atoms with Crippen LogP contribution in [0.3, 0.4) is 0 Å². The molecule has 0 radical (unpaired) electrons. The van der Waals surface area contributed by atoms with Gasteiger partial charge in [0.1, 0.15) is 11.1 Å². The molecule has 1 aromatic rings. The van der Waals surface area contributed by atoms with Crippen molar-refractivity contribution in [2.24, 2.45) is 5.92 Å². The number of hydrogen-bond acceptors (Lipinski definition) is 5. The molecule has 24 heavy (non-hydrogen) atoms. The largest absolute Gasteiger partial charge is 0.455 e. The molecule has 0 saturated carbocycles. The average Bonchev–Trinajstić information content (AvgIpc) is 2.97. The second-order valence-electron chi connectivity index (χ2n) is 6.16. The zero-order chi connectivity index (χ0) is 16.9. The van der Waals surface area contributed by atoms with Crippen molar-refractivity contribution in [3.05, 3.63) is 28.2 Å². The molecule has 2 aliphatic carbocycles. The lowest BCUT2D eigenvalue weighted by molar-refractivity contribution is -0.151. The Kier molecular flexibility index (Phi) is 5.31. The van der Waals surface area contributed by atoms with Crippen LogP contribution in [0.4, 0.5) is 5.00 Å². The minimum atomic E-state index is -0.384. The quantitative estimate of drug-likeness (QED) is 0.671. The minimum absolute atomic E-state index is 0.147. The number of nitriles is 1. The third kappa shape index (κ3) is 3.68. The van der Waals surface area contributed by atoms with Gasteiger partial charge < -0.3 is 10.1 Å². The number of aryl methyl sites for hydroxylation is 1. The summed E-state index contributed by atoms with van der Waals surface area (Å²) >= 11 is 1.47. The number of rotatable bonds is 4. The summed E-state index contributed by atoms with van der Waals surface area (Å²) in [6.45, 7) is -0.299. The predicted octanol–water partition coefficient (Wildman–Crippen LogP) is 3.34. The molecule has 1 N–H and O–H groups in total. The van der Waals surface area contributed by atoms with Crippen molar-refractivity contribution >= 4 is 28.2 Å². The molecular formula is C18H20N2O3S. The molecule has 0 unspecified atom stereocenters. The Hall–Kier alpha value is -2.13. The Labute approximate surface area is 145 Å². The number of nitrogens with one attached hydrogen (secondary N) is 1. The van der Waals surface area contributed by atoms with E-state index in [1.165, 1.54) is 16.2 Å². The van der Waals surface area contributed by atoms with E-state index >= 15 is 0 Å². The van der Waals surface area contributed by atoms with E-state index in [9.17, 15) is 14.9 Å². The first-order valence-corrected chi connectivity index (χ1v) is 9.17. The lowest BCUT2D eigenvalue weighted by Gasteiger charge is -2.16. The van der Waals surface area contributed by atoms with E-state index in [1.54, 1.807) is 0 Å². The molecule has 6 heteroatoms. The smallest absolute Gasteiger partial charge is 0.309 e. The maximum Gasteiger partial charge on any atom is 0.309 e. The highest BCUT2D eigenvalue weighted by atomic mass is 32.1. The number of allylic oxidation sites excluding steroid dienone is 2. The Morgan fingerprint density at radius 2 is 2.17 bits per heavy atom. The van der Waals surface area contributed by atoms with Crippen molar-refractivity contribution in [1.82, 2.24) is 0 Å². The maximum absolute atomic E-state index is 12.1. The molecule has 0 aromatic carbocycles. The highest BCUT2D eigenvalue weighted by Gasteiger charge is 2.23. The standard InChI is InChI=1S/C18H20N2O3S/c19-10-14-13-8-4-5-9-15(13)24-17(14)20-16(21)11-23-18(22)12-6-2-1-3-7-12/h1-2,12H,3-9,11H2,(H,20,21)/t12-/m1/s1. The fraction of sp³-hybridized carbons (Fsp3) is 0.500. The molecule has 0 bridgehead atoms. The Balaban J connectivity index is 1.57. The van der Waals surface area contributed by atoms with Gasteiger partial charge in [-0.1, -0.05) is 12.2 Å². The van der Waals surface area contributed by atoms with Crippen molar-refractivity contribution < 1.29 is 14.3 Å². The first-order chi connectivity index (χ1) is 11.7. The van der Waals surface area contributed by atoms with Crippen LogP contribution in [0.1, 0.15) is 48.1 Å². The molecule has 1 amide bonds. The van der Waals surface area contributed by atoms with Gasteiger partial charge in [0.05, 0.1) is 11.5 Å². The molecular weight excluding hydrogens is 324 g/mol. The SMILES string of the molecule is N#Cc1c(NC(=O)COC(=O)[C@@H]2CC=CCC2)sc2c1CCCC2. The zero-order valence-electron chi connectivity index (χ0n) is 13.5. The summed E-state index contributed by atoms with van der Waals surface area (Å²) in [7, 11) is 0. The van der Waals surface area contributed by atoms with Gasteiger partial charge in [-0.2, -0.15) is 5.26 Å². The highest BCUT2D eigenvalue weighted by Crippen LogP contribution is 2.37. The molecule has 1 aromatic heterocycles. The first-order valence-electron chi connectivity index (χ1n) is 8.35. The van der Waals surface area contributed by atoms with Crippen LogP contribution in [0, 0.1) is 17.2 Å². The van der Waals surface area contributed by atoms with E-state index in [2.05, 4.69) is 17.5 Å². The van der Waals surface area contributed by atoms with Crippen LogP contribution in [0.5, 0.6) is 0 Å². The van der Waals surface area contributed by atoms with E-state index in [0.717, 1.165) is 44.1 Å². The lowest BCUT2D eigenvalue weighted by atomic mass is 9.95. The summed E-state index contributed by atoms with van der Waals surface area (Å²) in [5.74, 6) is -0.850. The topological polar surface area (TPSA) is 79.2 Å². The van der Waals surface area contributed by atoms with Crippen LogP contribution in [0.15, 0.2) is 12.2 Å². The number of carbonyl (C=O) groups excluding carboxylic acids is 2. The van der Waals surface area contributed by atoms with Crippen molar-refractivity contribution in [3.8, 4) is 6.07 Å². The van der Waals surface area contributed by atoms with Gasteiger partial charge in [0, 0.05) is 4.88 Å². The van der Waals surface area contributed by atoms with Gasteiger partial charge in [0.25, 0.3) is 5.91 Å². The second-order valence-corrected chi connectivity index (χ2v) is 7.27. The van der Waals surface area contributed by atoms with Gasteiger partial charge in [-0.25, -0.2) is 0 Å². The third-order valence-electron chi connectivity index (χ3n) is 4.48. The number of thiophene rings is 1. The van der Waals surface area contributed by atoms with E-state index in [0.29, 0.717) is 17.0 Å². The zero-order valence-corrected chi connectivity index (χ0v) is 14.3. The van der Waals surface area contributed by atoms with E-state index in [4.69, 9.17) is 4.74 Å². The minimum Gasteiger partial charge on any atom is -0.455 e. The van der Waals surface area contributed by atoms with Crippen molar-refractivity contribution in [3.63, 3.8) is 0 Å². The van der Waals surface area contributed by atoms with E-state index in [1.807, 2.05) is 6.08 Å². The number of ether oxygens (including phenoxy) is 1. The van der Waals surface area contributed by atoms with Crippen LogP contribution < -0.4 is 5.32 Å². The van der Waals surface area contributed by atoms with Crippen LogP contribution in [0.25, 0.3) is 0 Å². The Morgan fingerprint density at radius 3 is 2.92 bits per heavy atom. The summed E-state index contributed by atoms with van der Waals surface area (Å²) in [4.78, 5) is 25.2. The number of amides is 1. The van der Waals surface area contributed by atoms with E-state index < -0.39 is 0 Å². The number of anilines is 1. The predicted molar refractivity (Wildman–Crippen MR) is 91.7 cm³/mol. The molecule has 2 aliphatic rings. The van der Waals surface area contributed by atoms with Gasteiger partial charge >= 0.3 is 5.97 Å². The fourth-order valence-electron chi connectivity index (χ4n) is 3.20. The highest BCUT2D eigenvalue weighted by molar-refractivity contribution is 7.16. The van der Waals surface area contributed by atoms with E-state index in [-0.39, 0.29) is 24.4 Å². The molecule has 0 saturated heterocycles. The number of hydrogen-bond donors (Lipinski definition) is 1. The summed E-state index contributed by atoms with van der Waals surface area (Å²) in [5, 5.41) is 12.7. The first kappa shape index (κ1) is 16.7. The van der Waals surface area contributed by atoms with Crippen molar-refractivity contribution in [1.29, 1.82) is 5.26 Å². The molecule has 1 atom stereocenters. The number of fused-ring (bicyclic) bond motifs is 1. The Bertz CT molecular complexity index is 715. The molecule has 126 valence electrons. The second kappa shape index (κ2) is 7.63. The molecule has 0 fully saturated rings. The Morgan fingerprint density at radius 1 is 1.33 bits per heavy atom. The van der Waals surface area contributed by atoms with Crippen LogP contribution in [-0.2, 0) is 27.2 Å². The number of carbonyl (C=O) groups is 2. The van der Waals surface area contributed by atoms with Crippen LogP contribution >= 0.6 is 11.3 Å². The lowest BCUT2D eigenvalue weighted by Crippen LogP contribution is -2.25. The van der Waals surface area contributed by atoms with Gasteiger partial charge in [-0.3, -0.25) is 9.59 Å². The normalized spacial score (nSPS) is 19.2. The summed E-state index contributed by atoms with van der Waals surface area (Å²) in [6.07, 6.45) is 10.4. The van der Waals surface area contributed by atoms with Crippen LogP contribution in [-0.4, -0.2) is 18.5 Å². The summed E-state index contributed by atoms with van der Waals surface area (Å²) < 4.78 is 5.13. The average molecular weight is 344 g/mol. The fourth-order valence-corrected chi connectivity index (χ4v) is 4.45. The molecule has 0 aliphatic heterocycles. The number of esters is 1. The molecule has 5 nitrogen and oxygen atoms in total. The molecule has 1 heterocycles. The van der Waals surface area contributed by atoms with Gasteiger partial charge in [-0.15, -0.1) is 11.3 Å². The summed E-state index contributed by atoms with van der Waals surface area (Å²) in [5.41, 5.74) is 1.65. The number of nitrogens with zero attached hydrogens (tertiary/aromatic N) is 1. The van der Waals surface area contributed by atoms with Crippen LogP contribution in [0.2, 0.25) is 0 Å². The molecule has 3 rings (SSSR count). The van der Waals surface area contributed by atoms with Gasteiger partial charge in [-0.05, 0) is 50.5 Å². The third-order valence-corrected chi connectivity index (χ3v) is 5.69. The van der Waals surface area contributed by atoms with Gasteiger partial charge in [0.15, 0.2) is 6.61 Å². The van der Waals surface area contributed by atoms with Crippen molar-refractivity contribution in [2.75, 3.05) is 11.9 Å². The maximum atomic E-state index is 12.1. The van der Waals surface area contributed by atoms with Gasteiger partial charge in [0.2, 0.25) is 0 Å². The monoisotopic (exact) mass is 344 g/mol. The van der Waals surface area contributed by atoms with Crippen molar-refractivity contribution in [2.45, 2.75) is 44.9 Å². The molecule has 0 spiro atoms.